The summed E-state index contributed by atoms with van der Waals surface area (Å²) in [6.45, 7) is 0.722. The number of nitrogens with one attached hydrogen (secondary N) is 2. The largest absolute Gasteiger partial charge is 0.488 e. The first kappa shape index (κ1) is 22.0. The summed E-state index contributed by atoms with van der Waals surface area (Å²) in [5.74, 6) is 0.197. The van der Waals surface area contributed by atoms with Crippen molar-refractivity contribution in [1.29, 1.82) is 0 Å². The van der Waals surface area contributed by atoms with E-state index < -0.39 is 28.6 Å². The van der Waals surface area contributed by atoms with E-state index in [2.05, 4.69) is 10.0 Å². The van der Waals surface area contributed by atoms with Crippen molar-refractivity contribution in [2.75, 3.05) is 33.4 Å². The van der Waals surface area contributed by atoms with Crippen LogP contribution in [0, 0.1) is 0 Å². The summed E-state index contributed by atoms with van der Waals surface area (Å²) < 4.78 is 61.5. The molecule has 0 radical (unpaired) electrons. The molecule has 1 fully saturated rings. The van der Waals surface area contributed by atoms with Gasteiger partial charge in [0.2, 0.25) is 10.0 Å². The van der Waals surface area contributed by atoms with Crippen LogP contribution in [-0.4, -0.2) is 53.8 Å². The third-order valence-corrected chi connectivity index (χ3v) is 5.28. The Morgan fingerprint density at radius 2 is 2.00 bits per heavy atom. The first-order valence-electron chi connectivity index (χ1n) is 7.62. The Bertz CT molecular complexity index is 623. The quantitative estimate of drug-likeness (QED) is 0.661. The average Bonchev–Trinajstić information content (AvgIpc) is 3.01. The molecule has 1 aromatic carbocycles. The lowest BCUT2D eigenvalue weighted by atomic mass is 9.99. The Hall–Kier alpha value is -1.00. The fourth-order valence-electron chi connectivity index (χ4n) is 2.66. The van der Waals surface area contributed by atoms with Crippen LogP contribution in [0.3, 0.4) is 0 Å². The topological polar surface area (TPSA) is 76.7 Å². The summed E-state index contributed by atoms with van der Waals surface area (Å²) in [6.07, 6.45) is -0.795. The highest BCUT2D eigenvalue weighted by molar-refractivity contribution is 7.89. The monoisotopic (exact) mass is 400 g/mol. The SMILES string of the molecule is COCC1(CNS(=O)(=O)c2ccc(OCC(F)F)cc2)CCCN1.Cl. The van der Waals surface area contributed by atoms with Gasteiger partial charge in [0.15, 0.2) is 0 Å². The number of alkyl halides is 2. The third kappa shape index (κ3) is 6.34. The smallest absolute Gasteiger partial charge is 0.272 e. The molecule has 0 amide bonds. The molecule has 0 saturated carbocycles. The van der Waals surface area contributed by atoms with Gasteiger partial charge in [0, 0.05) is 13.7 Å². The molecule has 0 spiro atoms. The second-order valence-electron chi connectivity index (χ2n) is 5.74. The molecule has 6 nitrogen and oxygen atoms in total. The molecule has 0 bridgehead atoms. The Morgan fingerprint density at radius 3 is 2.52 bits per heavy atom. The first-order valence-corrected chi connectivity index (χ1v) is 9.10. The molecule has 1 unspecified atom stereocenters. The van der Waals surface area contributed by atoms with Crippen LogP contribution in [-0.2, 0) is 14.8 Å². The zero-order valence-electron chi connectivity index (χ0n) is 13.8. The van der Waals surface area contributed by atoms with Gasteiger partial charge in [-0.05, 0) is 43.7 Å². The van der Waals surface area contributed by atoms with Gasteiger partial charge in [0.1, 0.15) is 12.4 Å². The van der Waals surface area contributed by atoms with E-state index in [1.54, 1.807) is 7.11 Å². The van der Waals surface area contributed by atoms with Crippen molar-refractivity contribution in [3.63, 3.8) is 0 Å². The Kier molecular flexibility index (Phi) is 8.49. The highest BCUT2D eigenvalue weighted by Crippen LogP contribution is 2.21. The second kappa shape index (κ2) is 9.63. The van der Waals surface area contributed by atoms with E-state index in [-0.39, 0.29) is 29.6 Å². The van der Waals surface area contributed by atoms with Gasteiger partial charge in [-0.15, -0.1) is 12.4 Å². The summed E-state index contributed by atoms with van der Waals surface area (Å²) >= 11 is 0. The van der Waals surface area contributed by atoms with Gasteiger partial charge < -0.3 is 14.8 Å². The Labute approximate surface area is 152 Å². The van der Waals surface area contributed by atoms with E-state index in [0.717, 1.165) is 19.4 Å². The molecule has 1 aromatic rings. The number of hydrogen-bond donors (Lipinski definition) is 2. The summed E-state index contributed by atoms with van der Waals surface area (Å²) in [6, 6.07) is 5.37. The van der Waals surface area contributed by atoms with E-state index >= 15 is 0 Å². The summed E-state index contributed by atoms with van der Waals surface area (Å²) in [4.78, 5) is 0.0532. The molecule has 2 N–H and O–H groups in total. The molecular weight excluding hydrogens is 378 g/mol. The number of rotatable bonds is 9. The normalized spacial score (nSPS) is 20.5. The van der Waals surface area contributed by atoms with Gasteiger partial charge >= 0.3 is 0 Å². The molecule has 1 atom stereocenters. The fraction of sp³-hybridized carbons (Fsp3) is 0.600. The summed E-state index contributed by atoms with van der Waals surface area (Å²) in [5, 5.41) is 3.29. The van der Waals surface area contributed by atoms with Crippen molar-refractivity contribution in [3.05, 3.63) is 24.3 Å². The predicted molar refractivity (Wildman–Crippen MR) is 92.2 cm³/mol. The van der Waals surface area contributed by atoms with Crippen LogP contribution in [0.15, 0.2) is 29.2 Å². The lowest BCUT2D eigenvalue weighted by Crippen LogP contribution is -2.52. The van der Waals surface area contributed by atoms with E-state index in [4.69, 9.17) is 9.47 Å². The molecule has 25 heavy (non-hydrogen) atoms. The number of ether oxygens (including phenoxy) is 2. The minimum absolute atomic E-state index is 0. The molecule has 1 aliphatic rings. The van der Waals surface area contributed by atoms with Gasteiger partial charge in [-0.25, -0.2) is 21.9 Å². The molecule has 0 aliphatic carbocycles. The Balaban J connectivity index is 0.00000312. The van der Waals surface area contributed by atoms with Gasteiger partial charge in [-0.1, -0.05) is 0 Å². The highest BCUT2D eigenvalue weighted by atomic mass is 35.5. The first-order chi connectivity index (χ1) is 11.4. The van der Waals surface area contributed by atoms with Crippen LogP contribution in [0.4, 0.5) is 8.78 Å². The minimum Gasteiger partial charge on any atom is -0.488 e. The van der Waals surface area contributed by atoms with Crippen molar-refractivity contribution in [2.24, 2.45) is 0 Å². The average molecular weight is 401 g/mol. The zero-order valence-corrected chi connectivity index (χ0v) is 15.5. The number of halogens is 3. The fourth-order valence-corrected chi connectivity index (χ4v) is 3.79. The van der Waals surface area contributed by atoms with E-state index in [1.807, 2.05) is 0 Å². The van der Waals surface area contributed by atoms with Crippen LogP contribution in [0.1, 0.15) is 12.8 Å². The summed E-state index contributed by atoms with van der Waals surface area (Å²) in [5.41, 5.74) is -0.401. The van der Waals surface area contributed by atoms with Crippen molar-refractivity contribution < 1.29 is 26.7 Å². The predicted octanol–water partition coefficient (Wildman–Crippen LogP) is 1.80. The van der Waals surface area contributed by atoms with Crippen LogP contribution < -0.4 is 14.8 Å². The van der Waals surface area contributed by atoms with Crippen LogP contribution in [0.5, 0.6) is 5.75 Å². The maximum Gasteiger partial charge on any atom is 0.272 e. The van der Waals surface area contributed by atoms with E-state index in [1.165, 1.54) is 24.3 Å². The van der Waals surface area contributed by atoms with Crippen molar-refractivity contribution in [2.45, 2.75) is 29.7 Å². The molecule has 0 aromatic heterocycles. The maximum atomic E-state index is 12.4. The van der Waals surface area contributed by atoms with E-state index in [9.17, 15) is 17.2 Å². The molecule has 1 saturated heterocycles. The van der Waals surface area contributed by atoms with Crippen molar-refractivity contribution >= 4 is 22.4 Å². The van der Waals surface area contributed by atoms with Gasteiger partial charge in [-0.2, -0.15) is 0 Å². The number of sulfonamides is 1. The zero-order chi connectivity index (χ0) is 17.6. The maximum absolute atomic E-state index is 12.4. The molecule has 1 aliphatic heterocycles. The lowest BCUT2D eigenvalue weighted by Gasteiger charge is -2.28. The summed E-state index contributed by atoms with van der Waals surface area (Å²) in [7, 11) is -2.12. The van der Waals surface area contributed by atoms with Gasteiger partial charge in [0.05, 0.1) is 17.0 Å². The molecule has 10 heteroatoms. The van der Waals surface area contributed by atoms with Crippen LogP contribution in [0.25, 0.3) is 0 Å². The standard InChI is InChI=1S/C15H22F2N2O4S.ClH/c1-22-11-15(7-2-8-18-15)10-19-24(20,21)13-5-3-12(4-6-13)23-9-14(16)17;/h3-6,14,18-19H,2,7-11H2,1H3;1H. The van der Waals surface area contributed by atoms with Gasteiger partial charge in [0.25, 0.3) is 6.43 Å². The molecular formula is C15H23ClF2N2O4S. The molecule has 144 valence electrons. The number of methoxy groups -OCH3 is 1. The Morgan fingerprint density at radius 1 is 1.32 bits per heavy atom. The second-order valence-corrected chi connectivity index (χ2v) is 7.51. The van der Waals surface area contributed by atoms with Crippen molar-refractivity contribution in [3.8, 4) is 5.75 Å². The van der Waals surface area contributed by atoms with Crippen LogP contribution >= 0.6 is 12.4 Å². The molecule has 1 heterocycles. The highest BCUT2D eigenvalue weighted by Gasteiger charge is 2.34. The molecule has 2 rings (SSSR count). The van der Waals surface area contributed by atoms with E-state index in [0.29, 0.717) is 6.61 Å². The van der Waals surface area contributed by atoms with Crippen LogP contribution in [0.2, 0.25) is 0 Å². The van der Waals surface area contributed by atoms with Crippen molar-refractivity contribution in [1.82, 2.24) is 10.0 Å². The lowest BCUT2D eigenvalue weighted by molar-refractivity contribution is 0.0819. The minimum atomic E-state index is -3.70. The number of hydrogen-bond acceptors (Lipinski definition) is 5. The third-order valence-electron chi connectivity index (χ3n) is 3.86. The number of benzene rings is 1. The van der Waals surface area contributed by atoms with Gasteiger partial charge in [-0.3, -0.25) is 0 Å².